The Morgan fingerprint density at radius 1 is 0.587 bits per heavy atom. The molecule has 0 aliphatic carbocycles. The standard InChI is InChI=1S/C32H19F13O/c1-2-3-4-15-7-26(39)30(27(40)8-15)32(44,45)46-18-13-24(37)29(25(38)14-18)17-11-22(35)28(23(36)12-17)16-9-20(33)19(21(34)10-16)5-6-31(41,42)43/h5-14H,2-4H2,1H3. The monoisotopic (exact) mass is 666 g/mol. The number of aryl methyl sites for hydroxylation is 1. The molecule has 4 aromatic carbocycles. The topological polar surface area (TPSA) is 9.23 Å². The van der Waals surface area contributed by atoms with Gasteiger partial charge in [0, 0.05) is 23.8 Å². The Bertz CT molecular complexity index is 1720. The molecule has 0 atom stereocenters. The first-order valence-corrected chi connectivity index (χ1v) is 13.2. The third-order valence-electron chi connectivity index (χ3n) is 6.61. The van der Waals surface area contributed by atoms with Crippen molar-refractivity contribution in [3.05, 3.63) is 118 Å². The maximum atomic E-state index is 15.0. The number of hydrogen-bond acceptors (Lipinski definition) is 1. The molecule has 0 amide bonds. The number of halogens is 13. The molecular weight excluding hydrogens is 647 g/mol. The van der Waals surface area contributed by atoms with Gasteiger partial charge in [0.15, 0.2) is 0 Å². The largest absolute Gasteiger partial charge is 0.432 e. The Balaban J connectivity index is 1.66. The van der Waals surface area contributed by atoms with Crippen LogP contribution in [0.4, 0.5) is 57.1 Å². The summed E-state index contributed by atoms with van der Waals surface area (Å²) in [5.74, 6) is -14.5. The van der Waals surface area contributed by atoms with Crippen LogP contribution in [0, 0.1) is 46.5 Å². The van der Waals surface area contributed by atoms with Gasteiger partial charge in [0.1, 0.15) is 57.9 Å². The van der Waals surface area contributed by atoms with E-state index in [0.717, 1.165) is 0 Å². The Kier molecular flexibility index (Phi) is 9.78. The fraction of sp³-hybridized carbons (Fsp3) is 0.188. The van der Waals surface area contributed by atoms with Crippen LogP contribution in [0.5, 0.6) is 5.75 Å². The minimum atomic E-state index is -4.92. The highest BCUT2D eigenvalue weighted by Gasteiger charge is 2.41. The molecule has 0 saturated heterocycles. The maximum Gasteiger partial charge on any atom is 0.432 e. The quantitative estimate of drug-likeness (QED) is 0.162. The van der Waals surface area contributed by atoms with E-state index in [4.69, 9.17) is 0 Å². The van der Waals surface area contributed by atoms with E-state index in [2.05, 4.69) is 4.74 Å². The minimum absolute atomic E-state index is 0.0658. The lowest BCUT2D eigenvalue weighted by atomic mass is 9.97. The highest BCUT2D eigenvalue weighted by atomic mass is 19.4. The molecule has 0 fully saturated rings. The van der Waals surface area contributed by atoms with Crippen molar-refractivity contribution in [3.8, 4) is 28.0 Å². The van der Waals surface area contributed by atoms with Crippen LogP contribution in [0.1, 0.15) is 36.5 Å². The van der Waals surface area contributed by atoms with Gasteiger partial charge in [-0.3, -0.25) is 0 Å². The highest BCUT2D eigenvalue weighted by Crippen LogP contribution is 2.39. The fourth-order valence-corrected chi connectivity index (χ4v) is 4.57. The Labute approximate surface area is 252 Å². The third-order valence-corrected chi connectivity index (χ3v) is 6.61. The number of unbranched alkanes of at least 4 members (excludes halogenated alkanes) is 1. The normalized spacial score (nSPS) is 12.3. The van der Waals surface area contributed by atoms with E-state index in [9.17, 15) is 57.1 Å². The van der Waals surface area contributed by atoms with Gasteiger partial charge in [-0.25, -0.2) is 35.1 Å². The minimum Gasteiger partial charge on any atom is -0.429 e. The summed E-state index contributed by atoms with van der Waals surface area (Å²) in [4.78, 5) is 0. The van der Waals surface area contributed by atoms with Crippen molar-refractivity contribution in [3.63, 3.8) is 0 Å². The molecule has 1 nitrogen and oxygen atoms in total. The van der Waals surface area contributed by atoms with Crippen molar-refractivity contribution < 1.29 is 61.8 Å². The second kappa shape index (κ2) is 13.1. The molecule has 0 heterocycles. The number of ether oxygens (including phenoxy) is 1. The van der Waals surface area contributed by atoms with Crippen LogP contribution in [-0.4, -0.2) is 6.18 Å². The van der Waals surface area contributed by atoms with Crippen LogP contribution in [0.15, 0.2) is 54.6 Å². The summed E-state index contributed by atoms with van der Waals surface area (Å²) in [5, 5.41) is 0. The predicted molar refractivity (Wildman–Crippen MR) is 142 cm³/mol. The summed E-state index contributed by atoms with van der Waals surface area (Å²) in [6.45, 7) is 1.80. The number of allylic oxidation sites excluding steroid dienone is 1. The zero-order valence-electron chi connectivity index (χ0n) is 23.2. The molecule has 0 aliphatic rings. The van der Waals surface area contributed by atoms with Gasteiger partial charge in [-0.2, -0.15) is 22.0 Å². The Morgan fingerprint density at radius 2 is 1.02 bits per heavy atom. The van der Waals surface area contributed by atoms with Crippen LogP contribution in [-0.2, 0) is 12.5 Å². The molecule has 0 unspecified atom stereocenters. The predicted octanol–water partition coefficient (Wildman–Crippen LogP) is 11.2. The summed E-state index contributed by atoms with van der Waals surface area (Å²) in [6, 6.07) is 3.02. The molecule has 0 saturated carbocycles. The van der Waals surface area contributed by atoms with E-state index >= 15 is 0 Å². The summed E-state index contributed by atoms with van der Waals surface area (Å²) >= 11 is 0. The van der Waals surface area contributed by atoms with E-state index in [-0.39, 0.29) is 30.2 Å². The van der Waals surface area contributed by atoms with Gasteiger partial charge in [0.05, 0.1) is 11.1 Å². The van der Waals surface area contributed by atoms with Crippen molar-refractivity contribution >= 4 is 6.08 Å². The highest BCUT2D eigenvalue weighted by molar-refractivity contribution is 5.74. The van der Waals surface area contributed by atoms with Crippen molar-refractivity contribution in [2.75, 3.05) is 0 Å². The number of benzene rings is 4. The Hall–Kier alpha value is -4.49. The average Bonchev–Trinajstić information content (AvgIpc) is 2.89. The number of alkyl halides is 5. The summed E-state index contributed by atoms with van der Waals surface area (Å²) in [5.41, 5.74) is -6.84. The first-order valence-electron chi connectivity index (χ1n) is 13.2. The molecule has 0 aliphatic heterocycles. The van der Waals surface area contributed by atoms with E-state index < -0.39 is 104 Å². The van der Waals surface area contributed by atoms with Crippen molar-refractivity contribution in [2.45, 2.75) is 38.5 Å². The summed E-state index contributed by atoms with van der Waals surface area (Å²) in [6.07, 6.45) is -8.71. The SMILES string of the molecule is CCCCc1cc(F)c(C(F)(F)Oc2cc(F)c(-c3cc(F)c(-c4cc(F)c(C=CC(F)(F)F)c(F)c4)c(F)c3)c(F)c2)c(F)c1. The lowest BCUT2D eigenvalue weighted by Crippen LogP contribution is -2.25. The molecule has 4 aromatic rings. The average molecular weight is 666 g/mol. The van der Waals surface area contributed by atoms with Gasteiger partial charge in [0.25, 0.3) is 0 Å². The van der Waals surface area contributed by atoms with E-state index in [1.165, 1.54) is 0 Å². The molecule has 0 bridgehead atoms. The van der Waals surface area contributed by atoms with Gasteiger partial charge < -0.3 is 4.74 Å². The van der Waals surface area contributed by atoms with Crippen LogP contribution in [0.25, 0.3) is 28.3 Å². The van der Waals surface area contributed by atoms with Crippen LogP contribution >= 0.6 is 0 Å². The number of rotatable bonds is 9. The van der Waals surface area contributed by atoms with Gasteiger partial charge in [-0.05, 0) is 72.0 Å². The summed E-state index contributed by atoms with van der Waals surface area (Å²) in [7, 11) is 0. The molecule has 4 rings (SSSR count). The molecule has 0 N–H and O–H groups in total. The Morgan fingerprint density at radius 3 is 1.46 bits per heavy atom. The summed E-state index contributed by atoms with van der Waals surface area (Å²) < 4.78 is 188. The van der Waals surface area contributed by atoms with Crippen molar-refractivity contribution in [1.82, 2.24) is 0 Å². The van der Waals surface area contributed by atoms with Gasteiger partial charge in [-0.15, -0.1) is 0 Å². The molecule has 0 aromatic heterocycles. The van der Waals surface area contributed by atoms with Crippen LogP contribution in [0.2, 0.25) is 0 Å². The fourth-order valence-electron chi connectivity index (χ4n) is 4.57. The lowest BCUT2D eigenvalue weighted by molar-refractivity contribution is -0.189. The molecular formula is C32H19F13O. The molecule has 244 valence electrons. The first kappa shape index (κ1) is 34.4. The molecule has 46 heavy (non-hydrogen) atoms. The molecule has 0 spiro atoms. The smallest absolute Gasteiger partial charge is 0.429 e. The third kappa shape index (κ3) is 7.48. The van der Waals surface area contributed by atoms with E-state index in [1.807, 2.05) is 0 Å². The van der Waals surface area contributed by atoms with Gasteiger partial charge in [-0.1, -0.05) is 13.3 Å². The molecule has 14 heteroatoms. The first-order chi connectivity index (χ1) is 21.4. The number of hydrogen-bond donors (Lipinski definition) is 0. The van der Waals surface area contributed by atoms with Crippen molar-refractivity contribution in [2.24, 2.45) is 0 Å². The van der Waals surface area contributed by atoms with E-state index in [1.54, 1.807) is 6.92 Å². The molecule has 0 radical (unpaired) electrons. The van der Waals surface area contributed by atoms with Crippen molar-refractivity contribution in [1.29, 1.82) is 0 Å². The zero-order chi connectivity index (χ0) is 34.1. The zero-order valence-corrected chi connectivity index (χ0v) is 23.2. The van der Waals surface area contributed by atoms with Crippen LogP contribution in [0.3, 0.4) is 0 Å². The lowest BCUT2D eigenvalue weighted by Gasteiger charge is -2.20. The van der Waals surface area contributed by atoms with E-state index in [0.29, 0.717) is 49.2 Å². The van der Waals surface area contributed by atoms with Crippen LogP contribution < -0.4 is 4.74 Å². The second-order valence-electron chi connectivity index (χ2n) is 9.96. The maximum absolute atomic E-state index is 15.0. The second-order valence-corrected chi connectivity index (χ2v) is 9.96. The van der Waals surface area contributed by atoms with Gasteiger partial charge in [0.2, 0.25) is 0 Å². The van der Waals surface area contributed by atoms with Gasteiger partial charge >= 0.3 is 12.3 Å².